The highest BCUT2D eigenvalue weighted by molar-refractivity contribution is 9.10. The predicted octanol–water partition coefficient (Wildman–Crippen LogP) is 3.87. The van der Waals surface area contributed by atoms with E-state index in [0.29, 0.717) is 30.0 Å². The summed E-state index contributed by atoms with van der Waals surface area (Å²) in [6.45, 7) is 2.94. The summed E-state index contributed by atoms with van der Waals surface area (Å²) in [4.78, 5) is 22.8. The molecule has 9 heteroatoms. The Bertz CT molecular complexity index is 1030. The van der Waals surface area contributed by atoms with Crippen LogP contribution in [0.2, 0.25) is 0 Å². The van der Waals surface area contributed by atoms with Crippen molar-refractivity contribution in [1.29, 1.82) is 0 Å². The number of halogens is 1. The number of carbonyl (C=O) groups is 1. The molecule has 1 heterocycles. The van der Waals surface area contributed by atoms with Gasteiger partial charge in [0.2, 0.25) is 0 Å². The van der Waals surface area contributed by atoms with E-state index in [2.05, 4.69) is 26.3 Å². The molecule has 3 rings (SSSR count). The topological polar surface area (TPSA) is 99.3 Å². The smallest absolute Gasteiger partial charge is 0.272 e. The quantitative estimate of drug-likeness (QED) is 0.407. The number of rotatable bonds is 8. The fraction of sp³-hybridized carbons (Fsp3) is 0.200. The molecule has 1 aromatic heterocycles. The summed E-state index contributed by atoms with van der Waals surface area (Å²) in [7, 11) is 0. The van der Waals surface area contributed by atoms with Gasteiger partial charge in [0.05, 0.1) is 22.1 Å². The van der Waals surface area contributed by atoms with Crippen LogP contribution >= 0.6 is 15.9 Å². The van der Waals surface area contributed by atoms with Gasteiger partial charge in [-0.2, -0.15) is 5.10 Å². The van der Waals surface area contributed by atoms with Gasteiger partial charge in [0.15, 0.2) is 0 Å². The van der Waals surface area contributed by atoms with Crippen molar-refractivity contribution in [1.82, 2.24) is 15.1 Å². The van der Waals surface area contributed by atoms with E-state index in [1.807, 2.05) is 12.3 Å². The maximum atomic E-state index is 12.4. The van der Waals surface area contributed by atoms with E-state index < -0.39 is 4.92 Å². The van der Waals surface area contributed by atoms with Gasteiger partial charge in [0, 0.05) is 29.9 Å². The minimum Gasteiger partial charge on any atom is -0.489 e. The first-order valence-corrected chi connectivity index (χ1v) is 9.64. The van der Waals surface area contributed by atoms with Crippen molar-refractivity contribution in [2.24, 2.45) is 0 Å². The van der Waals surface area contributed by atoms with Gasteiger partial charge in [0.1, 0.15) is 12.4 Å². The number of nitrogens with one attached hydrogen (secondary N) is 1. The first-order valence-electron chi connectivity index (χ1n) is 8.85. The lowest BCUT2D eigenvalue weighted by atomic mass is 10.1. The molecule has 0 saturated carbocycles. The zero-order chi connectivity index (χ0) is 20.8. The molecule has 0 radical (unpaired) electrons. The number of nitro groups is 1. The molecular weight excluding hydrogens is 440 g/mol. The molecule has 0 spiro atoms. The molecule has 0 saturated heterocycles. The van der Waals surface area contributed by atoms with Gasteiger partial charge in [0.25, 0.3) is 11.6 Å². The van der Waals surface area contributed by atoms with Crippen molar-refractivity contribution >= 4 is 27.5 Å². The first-order chi connectivity index (χ1) is 13.9. The Labute approximate surface area is 175 Å². The number of amides is 1. The van der Waals surface area contributed by atoms with Crippen LogP contribution < -0.4 is 10.1 Å². The third-order valence-electron chi connectivity index (χ3n) is 4.19. The molecule has 0 aliphatic carbocycles. The number of nitrogens with zero attached hydrogens (tertiary/aromatic N) is 3. The van der Waals surface area contributed by atoms with Crippen LogP contribution in [0, 0.1) is 17.0 Å². The van der Waals surface area contributed by atoms with Crippen LogP contribution in [0.5, 0.6) is 5.75 Å². The van der Waals surface area contributed by atoms with Crippen LogP contribution in [0.25, 0.3) is 0 Å². The second kappa shape index (κ2) is 9.33. The van der Waals surface area contributed by atoms with Gasteiger partial charge < -0.3 is 10.1 Å². The molecule has 0 atom stereocenters. The maximum Gasteiger partial charge on any atom is 0.272 e. The Morgan fingerprint density at radius 1 is 1.31 bits per heavy atom. The molecule has 0 bridgehead atoms. The lowest BCUT2D eigenvalue weighted by Gasteiger charge is -2.09. The second-order valence-corrected chi connectivity index (χ2v) is 7.29. The van der Waals surface area contributed by atoms with E-state index >= 15 is 0 Å². The summed E-state index contributed by atoms with van der Waals surface area (Å²) >= 11 is 3.33. The van der Waals surface area contributed by atoms with Crippen molar-refractivity contribution in [3.63, 3.8) is 0 Å². The molecule has 2 aromatic carbocycles. The Morgan fingerprint density at radius 3 is 2.83 bits per heavy atom. The van der Waals surface area contributed by atoms with Crippen LogP contribution in [-0.2, 0) is 13.2 Å². The zero-order valence-electron chi connectivity index (χ0n) is 15.7. The summed E-state index contributed by atoms with van der Waals surface area (Å²) in [5.74, 6) is 0.359. The Balaban J connectivity index is 1.55. The minimum absolute atomic E-state index is 0.0542. The summed E-state index contributed by atoms with van der Waals surface area (Å²) in [5, 5.41) is 17.9. The van der Waals surface area contributed by atoms with Crippen LogP contribution in [0.15, 0.2) is 59.3 Å². The lowest BCUT2D eigenvalue weighted by Crippen LogP contribution is -2.27. The van der Waals surface area contributed by atoms with Crippen LogP contribution in [0.1, 0.15) is 21.5 Å². The highest BCUT2D eigenvalue weighted by Crippen LogP contribution is 2.23. The van der Waals surface area contributed by atoms with Crippen LogP contribution in [0.4, 0.5) is 5.69 Å². The molecule has 0 aliphatic heterocycles. The highest BCUT2D eigenvalue weighted by Gasteiger charge is 2.11. The van der Waals surface area contributed by atoms with Gasteiger partial charge in [-0.1, -0.05) is 12.1 Å². The van der Waals surface area contributed by atoms with E-state index in [9.17, 15) is 14.9 Å². The number of aromatic nitrogens is 2. The van der Waals surface area contributed by atoms with Crippen LogP contribution in [0.3, 0.4) is 0 Å². The molecule has 1 N–H and O–H groups in total. The third-order valence-corrected chi connectivity index (χ3v) is 4.60. The summed E-state index contributed by atoms with van der Waals surface area (Å²) in [6, 6.07) is 11.8. The molecule has 1 amide bonds. The van der Waals surface area contributed by atoms with Gasteiger partial charge in [-0.05, 0) is 52.7 Å². The largest absolute Gasteiger partial charge is 0.489 e. The first kappa shape index (κ1) is 20.5. The average Bonchev–Trinajstić information content (AvgIpc) is 3.11. The number of benzene rings is 2. The summed E-state index contributed by atoms with van der Waals surface area (Å²) in [6.07, 6.45) is 3.53. The molecule has 29 heavy (non-hydrogen) atoms. The molecular formula is C20H19BrN4O4. The standard InChI is InChI=1S/C20H19BrN4O4/c1-14-9-18(5-6-19(14)25(27)28)29-13-15-3-2-4-16(10-15)20(26)22-7-8-24-12-17(21)11-23-24/h2-6,9-12H,7-8,13H2,1H3,(H,22,26). The maximum absolute atomic E-state index is 12.4. The Morgan fingerprint density at radius 2 is 2.14 bits per heavy atom. The van der Waals surface area contributed by atoms with Gasteiger partial charge in [-0.15, -0.1) is 0 Å². The molecule has 0 unspecified atom stereocenters. The Hall–Kier alpha value is -3.20. The molecule has 8 nitrogen and oxygen atoms in total. The van der Waals surface area contributed by atoms with Crippen LogP contribution in [-0.4, -0.2) is 27.2 Å². The fourth-order valence-electron chi connectivity index (χ4n) is 2.74. The van der Waals surface area contributed by atoms with E-state index in [4.69, 9.17) is 4.74 Å². The van der Waals surface area contributed by atoms with Crippen molar-refractivity contribution < 1.29 is 14.5 Å². The van der Waals surface area contributed by atoms with E-state index in [1.54, 1.807) is 48.1 Å². The monoisotopic (exact) mass is 458 g/mol. The number of ether oxygens (including phenoxy) is 1. The molecule has 150 valence electrons. The van der Waals surface area contributed by atoms with Crippen molar-refractivity contribution in [3.05, 3.63) is 86.1 Å². The second-order valence-electron chi connectivity index (χ2n) is 6.37. The van der Waals surface area contributed by atoms with E-state index in [-0.39, 0.29) is 18.2 Å². The van der Waals surface area contributed by atoms with Gasteiger partial charge >= 0.3 is 0 Å². The molecule has 0 aliphatic rings. The number of aryl methyl sites for hydroxylation is 1. The summed E-state index contributed by atoms with van der Waals surface area (Å²) in [5.41, 5.74) is 1.95. The third kappa shape index (κ3) is 5.64. The number of hydrogen-bond acceptors (Lipinski definition) is 5. The number of hydrogen-bond donors (Lipinski definition) is 1. The van der Waals surface area contributed by atoms with E-state index in [1.165, 1.54) is 6.07 Å². The fourth-order valence-corrected chi connectivity index (χ4v) is 3.07. The van der Waals surface area contributed by atoms with Crippen molar-refractivity contribution in [3.8, 4) is 5.75 Å². The van der Waals surface area contributed by atoms with E-state index in [0.717, 1.165) is 10.0 Å². The Kier molecular flexibility index (Phi) is 6.61. The highest BCUT2D eigenvalue weighted by atomic mass is 79.9. The number of nitro benzene ring substituents is 1. The zero-order valence-corrected chi connectivity index (χ0v) is 17.3. The predicted molar refractivity (Wildman–Crippen MR) is 111 cm³/mol. The van der Waals surface area contributed by atoms with Crippen molar-refractivity contribution in [2.75, 3.05) is 6.54 Å². The lowest BCUT2D eigenvalue weighted by molar-refractivity contribution is -0.385. The van der Waals surface area contributed by atoms with Gasteiger partial charge in [-0.25, -0.2) is 0 Å². The van der Waals surface area contributed by atoms with Gasteiger partial charge in [-0.3, -0.25) is 19.6 Å². The SMILES string of the molecule is Cc1cc(OCc2cccc(C(=O)NCCn3cc(Br)cn3)c2)ccc1[N+](=O)[O-]. The van der Waals surface area contributed by atoms with Crippen molar-refractivity contribution in [2.45, 2.75) is 20.1 Å². The average molecular weight is 459 g/mol. The molecule has 0 fully saturated rings. The number of carbonyl (C=O) groups excluding carboxylic acids is 1. The summed E-state index contributed by atoms with van der Waals surface area (Å²) < 4.78 is 8.34. The minimum atomic E-state index is -0.424. The molecule has 3 aromatic rings. The normalized spacial score (nSPS) is 10.6.